The third kappa shape index (κ3) is 3.21. The highest BCUT2D eigenvalue weighted by Gasteiger charge is 2.26. The van der Waals surface area contributed by atoms with Crippen LogP contribution in [0.3, 0.4) is 0 Å². The van der Waals surface area contributed by atoms with Gasteiger partial charge in [-0.25, -0.2) is 17.2 Å². The average molecular weight is 285 g/mol. The Morgan fingerprint density at radius 2 is 2.12 bits per heavy atom. The fourth-order valence-electron chi connectivity index (χ4n) is 1.22. The van der Waals surface area contributed by atoms with Crippen molar-refractivity contribution >= 4 is 21.4 Å². The quantitative estimate of drug-likeness (QED) is 0.890. The molecule has 0 spiro atoms. The molecule has 0 aromatic carbocycles. The van der Waals surface area contributed by atoms with Crippen LogP contribution in [0.5, 0.6) is 0 Å². The van der Waals surface area contributed by atoms with Crippen LogP contribution in [0.1, 0.15) is 10.4 Å². The smallest absolute Gasteiger partial charge is 0.252 e. The average Bonchev–Trinajstić information content (AvgIpc) is 2.59. The minimum absolute atomic E-state index is 0.0257. The van der Waals surface area contributed by atoms with Crippen LogP contribution >= 0.6 is 11.3 Å². The van der Waals surface area contributed by atoms with Crippen molar-refractivity contribution in [2.75, 3.05) is 13.6 Å². The Balaban J connectivity index is 3.04. The zero-order chi connectivity index (χ0) is 13.2. The van der Waals surface area contributed by atoms with Gasteiger partial charge >= 0.3 is 0 Å². The molecule has 0 bridgehead atoms. The second-order valence-corrected chi connectivity index (χ2v) is 6.91. The van der Waals surface area contributed by atoms with E-state index in [-0.39, 0.29) is 10.8 Å². The van der Waals surface area contributed by atoms with Gasteiger partial charge in [0.05, 0.1) is 13.2 Å². The maximum absolute atomic E-state index is 12.1. The molecule has 0 amide bonds. The number of thiophene rings is 1. The van der Waals surface area contributed by atoms with Gasteiger partial charge in [0, 0.05) is 11.9 Å². The van der Waals surface area contributed by atoms with Crippen molar-refractivity contribution < 1.29 is 22.3 Å². The molecule has 0 saturated carbocycles. The number of hydrogen-bond acceptors (Lipinski definition) is 4. The summed E-state index contributed by atoms with van der Waals surface area (Å²) in [6.07, 6.45) is -2.71. The number of aliphatic hydroxyl groups excluding tert-OH is 1. The molecular formula is C9H13F2NO3S2. The van der Waals surface area contributed by atoms with Gasteiger partial charge in [-0.15, -0.1) is 11.3 Å². The number of nitrogens with zero attached hydrogens (tertiary/aromatic N) is 1. The van der Waals surface area contributed by atoms with E-state index in [4.69, 9.17) is 5.11 Å². The fourth-order valence-corrected chi connectivity index (χ4v) is 4.03. The molecule has 1 aromatic rings. The largest absolute Gasteiger partial charge is 0.391 e. The Bertz CT molecular complexity index is 484. The lowest BCUT2D eigenvalue weighted by molar-refractivity contribution is 0.126. The van der Waals surface area contributed by atoms with Gasteiger partial charge in [0.2, 0.25) is 0 Å². The van der Waals surface area contributed by atoms with Crippen molar-refractivity contribution in [3.8, 4) is 0 Å². The molecule has 98 valence electrons. The van der Waals surface area contributed by atoms with Gasteiger partial charge in [-0.3, -0.25) is 0 Å². The molecule has 1 heterocycles. The molecule has 0 fully saturated rings. The van der Waals surface area contributed by atoms with E-state index in [0.717, 1.165) is 18.4 Å². The first kappa shape index (κ1) is 14.5. The Kier molecular flexibility index (Phi) is 4.59. The summed E-state index contributed by atoms with van der Waals surface area (Å²) in [4.78, 5) is 0.522. The number of alkyl halides is 2. The van der Waals surface area contributed by atoms with Gasteiger partial charge in [-0.05, 0) is 18.6 Å². The molecule has 8 heteroatoms. The van der Waals surface area contributed by atoms with E-state index >= 15 is 0 Å². The van der Waals surface area contributed by atoms with Gasteiger partial charge in [-0.1, -0.05) is 0 Å². The van der Waals surface area contributed by atoms with Crippen LogP contribution in [0.4, 0.5) is 8.78 Å². The Hall–Kier alpha value is -0.570. The molecule has 4 nitrogen and oxygen atoms in total. The number of rotatable bonds is 5. The first-order chi connectivity index (χ1) is 7.78. The fraction of sp³-hybridized carbons (Fsp3) is 0.556. The summed E-state index contributed by atoms with van der Waals surface area (Å²) >= 11 is 0.897. The van der Waals surface area contributed by atoms with Crippen molar-refractivity contribution in [1.29, 1.82) is 0 Å². The van der Waals surface area contributed by atoms with Gasteiger partial charge in [0.1, 0.15) is 4.21 Å². The lowest BCUT2D eigenvalue weighted by Crippen LogP contribution is -2.30. The predicted octanol–water partition coefficient (Wildman–Crippen LogP) is 1.43. The monoisotopic (exact) mass is 285 g/mol. The normalized spacial score (nSPS) is 12.6. The third-order valence-corrected chi connectivity index (χ3v) is 5.70. The van der Waals surface area contributed by atoms with E-state index < -0.39 is 23.0 Å². The van der Waals surface area contributed by atoms with Crippen LogP contribution in [0.25, 0.3) is 0 Å². The minimum Gasteiger partial charge on any atom is -0.391 e. The minimum atomic E-state index is -3.89. The zero-order valence-electron chi connectivity index (χ0n) is 9.35. The molecule has 1 rings (SSSR count). The lowest BCUT2D eigenvalue weighted by atomic mass is 10.3. The topological polar surface area (TPSA) is 57.6 Å². The van der Waals surface area contributed by atoms with Crippen LogP contribution in [-0.4, -0.2) is 37.8 Å². The molecule has 0 aliphatic rings. The van der Waals surface area contributed by atoms with Crippen LogP contribution in [0.15, 0.2) is 10.3 Å². The number of aliphatic hydroxyl groups is 1. The maximum atomic E-state index is 12.1. The first-order valence-corrected chi connectivity index (χ1v) is 6.99. The zero-order valence-corrected chi connectivity index (χ0v) is 11.0. The molecular weight excluding hydrogens is 272 g/mol. The van der Waals surface area contributed by atoms with Crippen molar-refractivity contribution in [3.05, 3.63) is 16.5 Å². The van der Waals surface area contributed by atoms with Crippen molar-refractivity contribution in [2.24, 2.45) is 0 Å². The first-order valence-electron chi connectivity index (χ1n) is 4.73. The highest BCUT2D eigenvalue weighted by molar-refractivity contribution is 7.91. The highest BCUT2D eigenvalue weighted by atomic mass is 32.2. The van der Waals surface area contributed by atoms with Crippen LogP contribution < -0.4 is 0 Å². The third-order valence-electron chi connectivity index (χ3n) is 2.20. The number of aryl methyl sites for hydroxylation is 1. The maximum Gasteiger partial charge on any atom is 0.252 e. The summed E-state index contributed by atoms with van der Waals surface area (Å²) in [6.45, 7) is 0.562. The number of sulfonamides is 1. The van der Waals surface area contributed by atoms with E-state index in [0.29, 0.717) is 14.7 Å². The van der Waals surface area contributed by atoms with E-state index in [2.05, 4.69) is 0 Å². The second kappa shape index (κ2) is 5.38. The summed E-state index contributed by atoms with van der Waals surface area (Å²) in [7, 11) is -2.78. The molecule has 0 atom stereocenters. The Labute approximate surface area is 103 Å². The Morgan fingerprint density at radius 3 is 2.53 bits per heavy atom. The summed E-state index contributed by atoms with van der Waals surface area (Å²) in [5.74, 6) is 0. The van der Waals surface area contributed by atoms with E-state index in [1.165, 1.54) is 6.07 Å². The van der Waals surface area contributed by atoms with Gasteiger partial charge < -0.3 is 5.11 Å². The molecule has 0 saturated heterocycles. The Morgan fingerprint density at radius 1 is 1.53 bits per heavy atom. The van der Waals surface area contributed by atoms with Crippen molar-refractivity contribution in [1.82, 2.24) is 4.31 Å². The van der Waals surface area contributed by atoms with E-state index in [1.807, 2.05) is 0 Å². The summed E-state index contributed by atoms with van der Waals surface area (Å²) in [6, 6.07) is 1.38. The van der Waals surface area contributed by atoms with Crippen LogP contribution in [0, 0.1) is 6.92 Å². The SMILES string of the molecule is Cc1cc(S(=O)(=O)N(C)CC(F)F)sc1CO. The van der Waals surface area contributed by atoms with E-state index in [9.17, 15) is 17.2 Å². The van der Waals surface area contributed by atoms with Crippen LogP contribution in [-0.2, 0) is 16.6 Å². The number of halogens is 2. The van der Waals surface area contributed by atoms with Crippen molar-refractivity contribution in [2.45, 2.75) is 24.2 Å². The van der Waals surface area contributed by atoms with E-state index in [1.54, 1.807) is 6.92 Å². The van der Waals surface area contributed by atoms with Gasteiger partial charge in [0.25, 0.3) is 16.4 Å². The van der Waals surface area contributed by atoms with Gasteiger partial charge in [0.15, 0.2) is 0 Å². The molecule has 0 unspecified atom stereocenters. The molecule has 0 radical (unpaired) electrons. The molecule has 17 heavy (non-hydrogen) atoms. The summed E-state index contributed by atoms with van der Waals surface area (Å²) < 4.78 is 48.6. The highest BCUT2D eigenvalue weighted by Crippen LogP contribution is 2.28. The molecule has 1 aromatic heterocycles. The summed E-state index contributed by atoms with van der Waals surface area (Å²) in [5.41, 5.74) is 0.640. The van der Waals surface area contributed by atoms with Crippen molar-refractivity contribution in [3.63, 3.8) is 0 Å². The number of hydrogen-bond donors (Lipinski definition) is 1. The lowest BCUT2D eigenvalue weighted by Gasteiger charge is -2.14. The second-order valence-electron chi connectivity index (χ2n) is 3.51. The predicted molar refractivity (Wildman–Crippen MR) is 60.8 cm³/mol. The van der Waals surface area contributed by atoms with Crippen LogP contribution in [0.2, 0.25) is 0 Å². The summed E-state index contributed by atoms with van der Waals surface area (Å²) in [5, 5.41) is 8.96. The molecule has 0 aliphatic carbocycles. The standard InChI is InChI=1S/C9H13F2NO3S2/c1-6-3-9(16-7(6)5-13)17(14,15)12(2)4-8(10)11/h3,8,13H,4-5H2,1-2H3. The molecule has 0 aliphatic heterocycles. The van der Waals surface area contributed by atoms with Gasteiger partial charge in [-0.2, -0.15) is 4.31 Å². The molecule has 1 N–H and O–H groups in total.